The van der Waals surface area contributed by atoms with E-state index in [4.69, 9.17) is 9.47 Å². The average molecular weight is 384 g/mol. The van der Waals surface area contributed by atoms with Crippen LogP contribution >= 0.6 is 0 Å². The Bertz CT molecular complexity index is 842. The Morgan fingerprint density at radius 3 is 2.89 bits per heavy atom. The van der Waals surface area contributed by atoms with E-state index >= 15 is 0 Å². The van der Waals surface area contributed by atoms with Gasteiger partial charge in [-0.05, 0) is 43.1 Å². The molecule has 6 heteroatoms. The molecule has 0 saturated carbocycles. The van der Waals surface area contributed by atoms with E-state index in [2.05, 4.69) is 10.2 Å². The molecule has 0 radical (unpaired) electrons. The number of carbonyl (C=O) groups excluding carboxylic acids is 1. The molecular weight excluding hydrogens is 359 g/mol. The first-order valence-electron chi connectivity index (χ1n) is 9.82. The van der Waals surface area contributed by atoms with E-state index < -0.39 is 0 Å². The lowest BCUT2D eigenvalue weighted by Gasteiger charge is -2.25. The van der Waals surface area contributed by atoms with E-state index in [-0.39, 0.29) is 17.8 Å². The Labute approximate surface area is 164 Å². The van der Waals surface area contributed by atoms with Crippen LogP contribution in [0.5, 0.6) is 5.75 Å². The normalized spacial score (nSPS) is 21.3. The van der Waals surface area contributed by atoms with Gasteiger partial charge in [-0.2, -0.15) is 0 Å². The van der Waals surface area contributed by atoms with E-state index in [1.165, 1.54) is 6.07 Å². The van der Waals surface area contributed by atoms with Gasteiger partial charge in [-0.25, -0.2) is 4.39 Å². The molecule has 4 rings (SSSR count). The molecule has 2 aromatic carbocycles. The van der Waals surface area contributed by atoms with E-state index in [1.807, 2.05) is 24.3 Å². The van der Waals surface area contributed by atoms with Crippen LogP contribution in [0.1, 0.15) is 18.4 Å². The lowest BCUT2D eigenvalue weighted by molar-refractivity contribution is -0.125. The summed E-state index contributed by atoms with van der Waals surface area (Å²) in [6.07, 6.45) is 1.83. The summed E-state index contributed by atoms with van der Waals surface area (Å²) in [6.45, 7) is 3.32. The first kappa shape index (κ1) is 18.9. The number of fused-ring (bicyclic) bond motifs is 2. The van der Waals surface area contributed by atoms with Crippen LogP contribution in [0.3, 0.4) is 0 Å². The number of ether oxygens (including phenoxy) is 2. The lowest BCUT2D eigenvalue weighted by atomic mass is 10.0. The fourth-order valence-electron chi connectivity index (χ4n) is 3.91. The molecule has 2 aliphatic rings. The smallest absolute Gasteiger partial charge is 0.237 e. The van der Waals surface area contributed by atoms with Crippen LogP contribution < -0.4 is 10.1 Å². The van der Waals surface area contributed by atoms with E-state index in [1.54, 1.807) is 12.1 Å². The molecule has 0 spiro atoms. The van der Waals surface area contributed by atoms with Crippen molar-refractivity contribution in [1.82, 2.24) is 10.2 Å². The lowest BCUT2D eigenvalue weighted by Crippen LogP contribution is -2.43. The van der Waals surface area contributed by atoms with Crippen LogP contribution in [-0.2, 0) is 16.1 Å². The third kappa shape index (κ3) is 4.18. The summed E-state index contributed by atoms with van der Waals surface area (Å²) < 4.78 is 25.7. The van der Waals surface area contributed by atoms with Gasteiger partial charge in [0.1, 0.15) is 18.2 Å². The molecule has 2 heterocycles. The summed E-state index contributed by atoms with van der Waals surface area (Å²) in [7, 11) is 0. The molecule has 2 aromatic rings. The molecule has 1 amide bonds. The van der Waals surface area contributed by atoms with Crippen molar-refractivity contribution in [1.29, 1.82) is 0 Å². The maximum Gasteiger partial charge on any atom is 0.237 e. The second-order valence-electron chi connectivity index (χ2n) is 7.18. The van der Waals surface area contributed by atoms with Gasteiger partial charge in [0.05, 0.1) is 19.3 Å². The third-order valence-electron chi connectivity index (χ3n) is 5.32. The van der Waals surface area contributed by atoms with Gasteiger partial charge in [-0.1, -0.05) is 24.3 Å². The average Bonchev–Trinajstić information content (AvgIpc) is 3.16. The van der Waals surface area contributed by atoms with Crippen molar-refractivity contribution in [2.45, 2.75) is 25.4 Å². The van der Waals surface area contributed by atoms with E-state index in [0.717, 1.165) is 36.3 Å². The molecule has 148 valence electrons. The molecule has 0 aliphatic carbocycles. The Hall–Kier alpha value is -2.44. The Morgan fingerprint density at radius 1 is 1.11 bits per heavy atom. The minimum absolute atomic E-state index is 0.0491. The van der Waals surface area contributed by atoms with Crippen LogP contribution in [0, 0.1) is 5.82 Å². The predicted molar refractivity (Wildman–Crippen MR) is 105 cm³/mol. The molecule has 1 N–H and O–H groups in total. The van der Waals surface area contributed by atoms with Gasteiger partial charge in [0, 0.05) is 24.2 Å². The number of hydrogen-bond donors (Lipinski definition) is 1. The summed E-state index contributed by atoms with van der Waals surface area (Å²) in [4.78, 5) is 14.7. The van der Waals surface area contributed by atoms with Crippen molar-refractivity contribution in [3.63, 3.8) is 0 Å². The Morgan fingerprint density at radius 2 is 2.00 bits per heavy atom. The van der Waals surface area contributed by atoms with Gasteiger partial charge in [0.2, 0.25) is 5.91 Å². The van der Waals surface area contributed by atoms with Gasteiger partial charge < -0.3 is 14.8 Å². The molecule has 28 heavy (non-hydrogen) atoms. The van der Waals surface area contributed by atoms with Gasteiger partial charge in [-0.3, -0.25) is 9.69 Å². The number of benzene rings is 2. The van der Waals surface area contributed by atoms with Crippen LogP contribution in [0.15, 0.2) is 42.5 Å². The van der Waals surface area contributed by atoms with Crippen molar-refractivity contribution < 1.29 is 18.7 Å². The molecule has 5 nitrogen and oxygen atoms in total. The summed E-state index contributed by atoms with van der Waals surface area (Å²) in [5.41, 5.74) is 2.33. The van der Waals surface area contributed by atoms with E-state index in [9.17, 15) is 9.18 Å². The minimum atomic E-state index is -0.250. The zero-order valence-electron chi connectivity index (χ0n) is 15.8. The highest BCUT2D eigenvalue weighted by atomic mass is 19.1. The largest absolute Gasteiger partial charge is 0.491 e. The number of carbonyl (C=O) groups is 1. The second-order valence-corrected chi connectivity index (χ2v) is 7.18. The first-order chi connectivity index (χ1) is 13.7. The molecular formula is C22H25FN2O3. The first-order valence-corrected chi connectivity index (χ1v) is 9.82. The van der Waals surface area contributed by atoms with Crippen molar-refractivity contribution >= 4 is 5.91 Å². The second kappa shape index (κ2) is 8.71. The van der Waals surface area contributed by atoms with Gasteiger partial charge in [0.25, 0.3) is 0 Å². The van der Waals surface area contributed by atoms with Crippen molar-refractivity contribution in [3.05, 3.63) is 53.8 Å². The SMILES string of the molecule is O=C1NCCOCCOc2ccc(-c3ccccc3F)cc2CN2CCC[C@@H]12. The maximum atomic E-state index is 14.3. The zero-order valence-corrected chi connectivity index (χ0v) is 15.8. The van der Waals surface area contributed by atoms with E-state index in [0.29, 0.717) is 38.5 Å². The topological polar surface area (TPSA) is 50.8 Å². The minimum Gasteiger partial charge on any atom is -0.491 e. The standard InChI is InChI=1S/C22H25FN2O3/c23-19-5-2-1-4-18(19)16-7-8-21-17(14-16)15-25-10-3-6-20(25)22(26)24-9-11-27-12-13-28-21/h1-2,4-5,7-8,14,20H,3,6,9-13,15H2,(H,24,26)/t20-/m0/s1. The van der Waals surface area contributed by atoms with Crippen LogP contribution in [0.4, 0.5) is 4.39 Å². The Kier molecular flexibility index (Phi) is 5.88. The highest BCUT2D eigenvalue weighted by molar-refractivity contribution is 5.82. The molecule has 1 fully saturated rings. The Balaban J connectivity index is 1.67. The fraction of sp³-hybridized carbons (Fsp3) is 0.409. The van der Waals surface area contributed by atoms with Crippen LogP contribution in [0.25, 0.3) is 11.1 Å². The number of rotatable bonds is 1. The van der Waals surface area contributed by atoms with Crippen molar-refractivity contribution in [2.24, 2.45) is 0 Å². The number of hydrogen-bond acceptors (Lipinski definition) is 4. The molecule has 0 aromatic heterocycles. The van der Waals surface area contributed by atoms with Crippen molar-refractivity contribution in [3.8, 4) is 16.9 Å². The number of nitrogens with one attached hydrogen (secondary N) is 1. The van der Waals surface area contributed by atoms with Gasteiger partial charge in [0.15, 0.2) is 0 Å². The molecule has 1 saturated heterocycles. The highest BCUT2D eigenvalue weighted by Gasteiger charge is 2.31. The van der Waals surface area contributed by atoms with Crippen LogP contribution in [-0.4, -0.2) is 49.8 Å². The summed E-state index contributed by atoms with van der Waals surface area (Å²) in [5.74, 6) is 0.557. The van der Waals surface area contributed by atoms with Crippen molar-refractivity contribution in [2.75, 3.05) is 32.9 Å². The fourth-order valence-corrected chi connectivity index (χ4v) is 3.91. The summed E-state index contributed by atoms with van der Waals surface area (Å²) in [5, 5.41) is 2.96. The molecule has 0 bridgehead atoms. The number of amides is 1. The van der Waals surface area contributed by atoms with Gasteiger partial charge >= 0.3 is 0 Å². The number of halogens is 1. The predicted octanol–water partition coefficient (Wildman–Crippen LogP) is 2.98. The summed E-state index contributed by atoms with van der Waals surface area (Å²) >= 11 is 0. The molecule has 1 atom stereocenters. The quantitative estimate of drug-likeness (QED) is 0.821. The van der Waals surface area contributed by atoms with Crippen LogP contribution in [0.2, 0.25) is 0 Å². The monoisotopic (exact) mass is 384 g/mol. The van der Waals surface area contributed by atoms with Gasteiger partial charge in [-0.15, -0.1) is 0 Å². The molecule has 0 unspecified atom stereocenters. The third-order valence-corrected chi connectivity index (χ3v) is 5.32. The highest BCUT2D eigenvalue weighted by Crippen LogP contribution is 2.31. The number of nitrogens with zero attached hydrogens (tertiary/aromatic N) is 1. The maximum absolute atomic E-state index is 14.3. The molecule has 2 aliphatic heterocycles. The zero-order chi connectivity index (χ0) is 19.3. The summed E-state index contributed by atoms with van der Waals surface area (Å²) in [6, 6.07) is 12.4.